The summed E-state index contributed by atoms with van der Waals surface area (Å²) in [4.78, 5) is 43.2. The molecule has 0 aromatic carbocycles. The fraction of sp³-hybridized carbons (Fsp3) is 0.842. The maximum Gasteiger partial charge on any atom is 0.245 e. The normalized spacial score (nSPS) is 27.1. The van der Waals surface area contributed by atoms with Gasteiger partial charge in [0.25, 0.3) is 0 Å². The summed E-state index contributed by atoms with van der Waals surface area (Å²) < 4.78 is 0. The average molecular weight is 364 g/mol. The predicted octanol–water partition coefficient (Wildman–Crippen LogP) is 0.445. The monoisotopic (exact) mass is 364 g/mol. The summed E-state index contributed by atoms with van der Waals surface area (Å²) in [5.74, 6) is 0.311. The van der Waals surface area contributed by atoms with Gasteiger partial charge in [-0.2, -0.15) is 0 Å². The molecule has 0 radical (unpaired) electrons. The molecule has 3 heterocycles. The lowest BCUT2D eigenvalue weighted by Crippen LogP contribution is -2.68. The molecule has 3 unspecified atom stereocenters. The Kier molecular flexibility index (Phi) is 5.85. The molecular weight excluding hydrogens is 332 g/mol. The summed E-state index contributed by atoms with van der Waals surface area (Å²) in [6.07, 6.45) is 6.18. The Morgan fingerprint density at radius 3 is 2.08 bits per heavy atom. The zero-order chi connectivity index (χ0) is 18.8. The van der Waals surface area contributed by atoms with Gasteiger partial charge in [-0.1, -0.05) is 12.8 Å². The van der Waals surface area contributed by atoms with E-state index < -0.39 is 6.04 Å². The van der Waals surface area contributed by atoms with Gasteiger partial charge in [-0.3, -0.25) is 14.4 Å². The number of rotatable bonds is 5. The van der Waals surface area contributed by atoms with E-state index in [9.17, 15) is 14.4 Å². The highest BCUT2D eigenvalue weighted by atomic mass is 16.2. The Hall–Kier alpha value is -1.63. The quantitative estimate of drug-likeness (QED) is 0.769. The molecule has 3 atom stereocenters. The van der Waals surface area contributed by atoms with Gasteiger partial charge in [0.1, 0.15) is 6.04 Å². The van der Waals surface area contributed by atoms with Crippen molar-refractivity contribution < 1.29 is 14.4 Å². The molecule has 7 nitrogen and oxygen atoms in total. The maximum absolute atomic E-state index is 13.3. The minimum absolute atomic E-state index is 0.0570. The molecule has 4 aliphatic rings. The third-order valence-corrected chi connectivity index (χ3v) is 6.08. The minimum Gasteiger partial charge on any atom is -0.344 e. The van der Waals surface area contributed by atoms with Gasteiger partial charge in [-0.25, -0.2) is 0 Å². The molecule has 1 saturated carbocycles. The van der Waals surface area contributed by atoms with E-state index in [4.69, 9.17) is 0 Å². The number of fused-ring (bicyclic) bond motifs is 3. The van der Waals surface area contributed by atoms with Gasteiger partial charge < -0.3 is 20.0 Å². The van der Waals surface area contributed by atoms with E-state index in [1.807, 2.05) is 28.8 Å². The van der Waals surface area contributed by atoms with Crippen molar-refractivity contribution in [1.29, 1.82) is 0 Å². The first-order chi connectivity index (χ1) is 12.4. The predicted molar refractivity (Wildman–Crippen MR) is 98.4 cm³/mol. The van der Waals surface area contributed by atoms with Crippen molar-refractivity contribution in [2.24, 2.45) is 5.92 Å². The smallest absolute Gasteiger partial charge is 0.245 e. The van der Waals surface area contributed by atoms with E-state index >= 15 is 0 Å². The van der Waals surface area contributed by atoms with Gasteiger partial charge in [0.2, 0.25) is 17.7 Å². The summed E-state index contributed by atoms with van der Waals surface area (Å²) >= 11 is 0. The van der Waals surface area contributed by atoms with Crippen LogP contribution in [0.3, 0.4) is 0 Å². The third kappa shape index (κ3) is 4.03. The SMILES string of the molecule is CC(=O)NC(C(=O)N1CC2CCC1CN2C(=O)CN(C)C)C1CCCC1. The fourth-order valence-corrected chi connectivity index (χ4v) is 4.83. The van der Waals surface area contributed by atoms with Gasteiger partial charge in [-0.05, 0) is 45.7 Å². The minimum atomic E-state index is -0.403. The number of nitrogens with one attached hydrogen (secondary N) is 1. The van der Waals surface area contributed by atoms with Gasteiger partial charge in [0, 0.05) is 32.1 Å². The fourth-order valence-electron chi connectivity index (χ4n) is 4.83. The Morgan fingerprint density at radius 2 is 1.58 bits per heavy atom. The van der Waals surface area contributed by atoms with E-state index in [1.165, 1.54) is 6.92 Å². The van der Waals surface area contributed by atoms with Crippen molar-refractivity contribution in [1.82, 2.24) is 20.0 Å². The molecule has 3 saturated heterocycles. The van der Waals surface area contributed by atoms with E-state index in [0.717, 1.165) is 38.5 Å². The number of hydrogen-bond acceptors (Lipinski definition) is 4. The first kappa shape index (κ1) is 19.1. The van der Waals surface area contributed by atoms with Crippen LogP contribution >= 0.6 is 0 Å². The van der Waals surface area contributed by atoms with E-state index in [0.29, 0.717) is 19.6 Å². The van der Waals surface area contributed by atoms with Crippen molar-refractivity contribution in [3.63, 3.8) is 0 Å². The highest BCUT2D eigenvalue weighted by Gasteiger charge is 2.45. The van der Waals surface area contributed by atoms with Crippen LogP contribution in [0.1, 0.15) is 45.4 Å². The number of carbonyl (C=O) groups excluding carboxylic acids is 3. The van der Waals surface area contributed by atoms with Crippen LogP contribution in [0.4, 0.5) is 0 Å². The lowest BCUT2D eigenvalue weighted by Gasteiger charge is -2.52. The number of carbonyl (C=O) groups is 3. The van der Waals surface area contributed by atoms with Gasteiger partial charge >= 0.3 is 0 Å². The second-order valence-electron chi connectivity index (χ2n) is 8.38. The lowest BCUT2D eigenvalue weighted by molar-refractivity contribution is -0.155. The van der Waals surface area contributed by atoms with Crippen LogP contribution in [0.15, 0.2) is 0 Å². The molecule has 1 aliphatic carbocycles. The number of likely N-dealkylation sites (N-methyl/N-ethyl adjacent to an activating group) is 1. The molecule has 0 aromatic heterocycles. The van der Waals surface area contributed by atoms with Crippen LogP contribution < -0.4 is 5.32 Å². The summed E-state index contributed by atoms with van der Waals surface area (Å²) in [6.45, 7) is 3.12. The van der Waals surface area contributed by atoms with Gasteiger partial charge in [0.05, 0.1) is 6.54 Å². The van der Waals surface area contributed by atoms with Gasteiger partial charge in [-0.15, -0.1) is 0 Å². The first-order valence-corrected chi connectivity index (χ1v) is 9.88. The number of amides is 3. The van der Waals surface area contributed by atoms with Crippen molar-refractivity contribution in [3.05, 3.63) is 0 Å². The number of piperazine rings is 1. The topological polar surface area (TPSA) is 73.0 Å². The van der Waals surface area contributed by atoms with Crippen LogP contribution in [0.5, 0.6) is 0 Å². The number of nitrogens with zero attached hydrogens (tertiary/aromatic N) is 3. The van der Waals surface area contributed by atoms with Crippen molar-refractivity contribution >= 4 is 17.7 Å². The molecule has 7 heteroatoms. The molecule has 4 fully saturated rings. The van der Waals surface area contributed by atoms with Crippen molar-refractivity contribution in [3.8, 4) is 0 Å². The molecule has 3 amide bonds. The average Bonchev–Trinajstić information content (AvgIpc) is 3.13. The number of hydrogen-bond donors (Lipinski definition) is 1. The molecule has 26 heavy (non-hydrogen) atoms. The van der Waals surface area contributed by atoms with Gasteiger partial charge in [0.15, 0.2) is 0 Å². The Labute approximate surface area is 156 Å². The summed E-state index contributed by atoms with van der Waals surface area (Å²) in [7, 11) is 3.80. The maximum atomic E-state index is 13.3. The standard InChI is InChI=1S/C19H32N4O3/c1-13(24)20-18(14-6-4-5-7-14)19(26)23-11-15-8-9-16(23)10-22(15)17(25)12-21(2)3/h14-16,18H,4-12H2,1-3H3,(H,20,24). The van der Waals surface area contributed by atoms with E-state index in [-0.39, 0.29) is 35.7 Å². The molecule has 3 aliphatic heterocycles. The second-order valence-corrected chi connectivity index (χ2v) is 8.38. The molecular formula is C19H32N4O3. The molecule has 0 spiro atoms. The van der Waals surface area contributed by atoms with Crippen LogP contribution in [0, 0.1) is 5.92 Å². The van der Waals surface area contributed by atoms with E-state index in [2.05, 4.69) is 5.32 Å². The molecule has 0 aromatic rings. The third-order valence-electron chi connectivity index (χ3n) is 6.08. The molecule has 146 valence electrons. The number of piperidine rings is 2. The zero-order valence-corrected chi connectivity index (χ0v) is 16.2. The largest absolute Gasteiger partial charge is 0.344 e. The molecule has 2 bridgehead atoms. The second kappa shape index (κ2) is 7.94. The Morgan fingerprint density at radius 1 is 1.00 bits per heavy atom. The van der Waals surface area contributed by atoms with Crippen molar-refractivity contribution in [2.45, 2.75) is 63.6 Å². The molecule has 1 N–H and O–H groups in total. The van der Waals surface area contributed by atoms with Crippen LogP contribution in [0.2, 0.25) is 0 Å². The van der Waals surface area contributed by atoms with Crippen LogP contribution in [-0.4, -0.2) is 84.3 Å². The highest BCUT2D eigenvalue weighted by Crippen LogP contribution is 2.33. The lowest BCUT2D eigenvalue weighted by atomic mass is 9.88. The molecule has 4 rings (SSSR count). The van der Waals surface area contributed by atoms with Crippen molar-refractivity contribution in [2.75, 3.05) is 33.7 Å². The Balaban J connectivity index is 1.69. The zero-order valence-electron chi connectivity index (χ0n) is 16.2. The summed E-state index contributed by atoms with van der Waals surface area (Å²) in [5.41, 5.74) is 0. The highest BCUT2D eigenvalue weighted by molar-refractivity contribution is 5.88. The summed E-state index contributed by atoms with van der Waals surface area (Å²) in [6, 6.07) is -0.213. The van der Waals surface area contributed by atoms with Crippen LogP contribution in [-0.2, 0) is 14.4 Å². The Bertz CT molecular complexity index is 559. The first-order valence-electron chi connectivity index (χ1n) is 9.88. The van der Waals surface area contributed by atoms with Crippen LogP contribution in [0.25, 0.3) is 0 Å². The summed E-state index contributed by atoms with van der Waals surface area (Å²) in [5, 5.41) is 2.92. The van der Waals surface area contributed by atoms with E-state index in [1.54, 1.807) is 0 Å².